The molecule has 1 saturated heterocycles. The van der Waals surface area contributed by atoms with Crippen molar-refractivity contribution >= 4 is 11.4 Å². The second-order valence-electron chi connectivity index (χ2n) is 5.30. The van der Waals surface area contributed by atoms with Crippen LogP contribution in [-0.4, -0.2) is 44.2 Å². The van der Waals surface area contributed by atoms with Gasteiger partial charge < -0.3 is 15.4 Å². The molecule has 2 N–H and O–H groups in total. The molecule has 1 aliphatic heterocycles. The summed E-state index contributed by atoms with van der Waals surface area (Å²) in [7, 11) is 1.55. The second kappa shape index (κ2) is 4.89. The van der Waals surface area contributed by atoms with Gasteiger partial charge >= 0.3 is 0 Å². The van der Waals surface area contributed by atoms with Crippen molar-refractivity contribution in [3.63, 3.8) is 0 Å². The van der Waals surface area contributed by atoms with E-state index in [0.29, 0.717) is 17.1 Å². The van der Waals surface area contributed by atoms with Gasteiger partial charge in [0.2, 0.25) is 0 Å². The largest absolute Gasteiger partial charge is 0.495 e. The number of hydrogen-bond donors (Lipinski definition) is 1. The molecule has 3 rings (SSSR count). The van der Waals surface area contributed by atoms with Gasteiger partial charge in [-0.15, -0.1) is 0 Å². The molecular formula is C14H20FN3O. The van der Waals surface area contributed by atoms with Crippen molar-refractivity contribution in [3.8, 4) is 5.75 Å². The van der Waals surface area contributed by atoms with Crippen molar-refractivity contribution in [3.05, 3.63) is 17.9 Å². The molecular weight excluding hydrogens is 245 g/mol. The normalized spacial score (nSPS) is 20.6. The van der Waals surface area contributed by atoms with Crippen molar-refractivity contribution in [1.82, 2.24) is 4.90 Å². The summed E-state index contributed by atoms with van der Waals surface area (Å²) in [6.07, 6.45) is 2.65. The van der Waals surface area contributed by atoms with E-state index in [9.17, 15) is 4.39 Å². The van der Waals surface area contributed by atoms with Gasteiger partial charge in [0.1, 0.15) is 11.6 Å². The Labute approximate surface area is 112 Å². The molecule has 1 aromatic carbocycles. The lowest BCUT2D eigenvalue weighted by molar-refractivity contribution is 0.247. The van der Waals surface area contributed by atoms with E-state index < -0.39 is 0 Å². The zero-order valence-corrected chi connectivity index (χ0v) is 11.2. The maximum Gasteiger partial charge on any atom is 0.148 e. The SMILES string of the molecule is COc1cc(N2CCN(C3CC3)CC2)c(F)cc1N. The molecule has 5 heteroatoms. The van der Waals surface area contributed by atoms with Crippen LogP contribution in [0.15, 0.2) is 12.1 Å². The molecule has 0 aromatic heterocycles. The number of methoxy groups -OCH3 is 1. The minimum atomic E-state index is -0.266. The lowest BCUT2D eigenvalue weighted by Crippen LogP contribution is -2.47. The topological polar surface area (TPSA) is 41.7 Å². The van der Waals surface area contributed by atoms with Crippen LogP contribution in [0.25, 0.3) is 0 Å². The van der Waals surface area contributed by atoms with Crippen molar-refractivity contribution in [2.45, 2.75) is 18.9 Å². The average Bonchev–Trinajstić information content (AvgIpc) is 3.24. The van der Waals surface area contributed by atoms with E-state index in [-0.39, 0.29) is 5.82 Å². The highest BCUT2D eigenvalue weighted by Gasteiger charge is 2.31. The summed E-state index contributed by atoms with van der Waals surface area (Å²) in [4.78, 5) is 4.58. The van der Waals surface area contributed by atoms with E-state index in [1.54, 1.807) is 13.2 Å². The van der Waals surface area contributed by atoms with E-state index in [1.807, 2.05) is 0 Å². The molecule has 0 amide bonds. The Bertz CT molecular complexity index is 468. The number of nitrogens with zero attached hydrogens (tertiary/aromatic N) is 2. The first-order valence-electron chi connectivity index (χ1n) is 6.81. The highest BCUT2D eigenvalue weighted by atomic mass is 19.1. The Morgan fingerprint density at radius 3 is 2.47 bits per heavy atom. The Morgan fingerprint density at radius 1 is 1.21 bits per heavy atom. The van der Waals surface area contributed by atoms with Gasteiger partial charge in [-0.3, -0.25) is 4.90 Å². The van der Waals surface area contributed by atoms with Gasteiger partial charge in [-0.1, -0.05) is 0 Å². The van der Waals surface area contributed by atoms with E-state index >= 15 is 0 Å². The van der Waals surface area contributed by atoms with E-state index in [0.717, 1.165) is 32.2 Å². The third-order valence-electron chi connectivity index (χ3n) is 4.02. The summed E-state index contributed by atoms with van der Waals surface area (Å²) in [6, 6.07) is 3.84. The Kier molecular flexibility index (Phi) is 3.22. The molecule has 1 heterocycles. The van der Waals surface area contributed by atoms with Crippen LogP contribution >= 0.6 is 0 Å². The number of nitrogen functional groups attached to an aromatic ring is 1. The minimum absolute atomic E-state index is 0.266. The number of hydrogen-bond acceptors (Lipinski definition) is 4. The highest BCUT2D eigenvalue weighted by molar-refractivity contribution is 5.63. The number of anilines is 2. The third-order valence-corrected chi connectivity index (χ3v) is 4.02. The van der Waals surface area contributed by atoms with Gasteiger partial charge in [0, 0.05) is 44.4 Å². The summed E-state index contributed by atoms with van der Waals surface area (Å²) in [5, 5.41) is 0. The molecule has 0 spiro atoms. The Morgan fingerprint density at radius 2 is 1.89 bits per heavy atom. The van der Waals surface area contributed by atoms with Crippen LogP contribution in [-0.2, 0) is 0 Å². The lowest BCUT2D eigenvalue weighted by atomic mass is 10.2. The number of rotatable bonds is 3. The number of piperazine rings is 1. The predicted molar refractivity (Wildman–Crippen MR) is 74.2 cm³/mol. The second-order valence-corrected chi connectivity index (χ2v) is 5.30. The Balaban J connectivity index is 1.75. The molecule has 19 heavy (non-hydrogen) atoms. The molecule has 0 radical (unpaired) electrons. The van der Waals surface area contributed by atoms with Crippen molar-refractivity contribution < 1.29 is 9.13 Å². The van der Waals surface area contributed by atoms with Gasteiger partial charge in [0.15, 0.2) is 0 Å². The quantitative estimate of drug-likeness (QED) is 0.845. The van der Waals surface area contributed by atoms with Gasteiger partial charge in [-0.05, 0) is 12.8 Å². The van der Waals surface area contributed by atoms with Gasteiger partial charge in [0.05, 0.1) is 18.5 Å². The smallest absolute Gasteiger partial charge is 0.148 e. The van der Waals surface area contributed by atoms with E-state index in [2.05, 4.69) is 9.80 Å². The standard InChI is InChI=1S/C14H20FN3O/c1-19-14-9-13(11(15)8-12(14)16)18-6-4-17(5-7-18)10-2-3-10/h8-10H,2-7,16H2,1H3. The molecule has 2 fully saturated rings. The third kappa shape index (κ3) is 2.47. The molecule has 1 aromatic rings. The summed E-state index contributed by atoms with van der Waals surface area (Å²) >= 11 is 0. The maximum absolute atomic E-state index is 14.0. The molecule has 0 unspecified atom stereocenters. The lowest BCUT2D eigenvalue weighted by Gasteiger charge is -2.36. The number of ether oxygens (including phenoxy) is 1. The molecule has 1 aliphatic carbocycles. The first kappa shape index (κ1) is 12.5. The fraction of sp³-hybridized carbons (Fsp3) is 0.571. The van der Waals surface area contributed by atoms with Crippen molar-refractivity contribution in [1.29, 1.82) is 0 Å². The fourth-order valence-corrected chi connectivity index (χ4v) is 2.74. The molecule has 104 valence electrons. The minimum Gasteiger partial charge on any atom is -0.495 e. The number of halogens is 1. The van der Waals surface area contributed by atoms with Crippen LogP contribution in [0.1, 0.15) is 12.8 Å². The first-order chi connectivity index (χ1) is 9.19. The van der Waals surface area contributed by atoms with Gasteiger partial charge in [0.25, 0.3) is 0 Å². The monoisotopic (exact) mass is 265 g/mol. The predicted octanol–water partition coefficient (Wildman–Crippen LogP) is 1.70. The van der Waals surface area contributed by atoms with E-state index in [4.69, 9.17) is 10.5 Å². The van der Waals surface area contributed by atoms with Crippen LogP contribution < -0.4 is 15.4 Å². The summed E-state index contributed by atoms with van der Waals surface area (Å²) in [6.45, 7) is 3.74. The summed E-state index contributed by atoms with van der Waals surface area (Å²) in [5.74, 6) is 0.277. The van der Waals surface area contributed by atoms with Crippen LogP contribution in [0.5, 0.6) is 5.75 Å². The first-order valence-corrected chi connectivity index (χ1v) is 6.81. The summed E-state index contributed by atoms with van der Waals surface area (Å²) < 4.78 is 19.2. The molecule has 1 saturated carbocycles. The maximum atomic E-state index is 14.0. The zero-order valence-electron chi connectivity index (χ0n) is 11.2. The zero-order chi connectivity index (χ0) is 13.4. The fourth-order valence-electron chi connectivity index (χ4n) is 2.74. The van der Waals surface area contributed by atoms with Crippen LogP contribution in [0.3, 0.4) is 0 Å². The Hall–Kier alpha value is -1.49. The molecule has 0 bridgehead atoms. The van der Waals surface area contributed by atoms with Crippen molar-refractivity contribution in [2.75, 3.05) is 43.9 Å². The van der Waals surface area contributed by atoms with Crippen molar-refractivity contribution in [2.24, 2.45) is 0 Å². The van der Waals surface area contributed by atoms with Gasteiger partial charge in [-0.2, -0.15) is 0 Å². The van der Waals surface area contributed by atoms with Crippen LogP contribution in [0, 0.1) is 5.82 Å². The average molecular weight is 265 g/mol. The molecule has 4 nitrogen and oxygen atoms in total. The molecule has 0 atom stereocenters. The van der Waals surface area contributed by atoms with E-state index in [1.165, 1.54) is 18.9 Å². The number of nitrogens with two attached hydrogens (primary N) is 1. The number of benzene rings is 1. The highest BCUT2D eigenvalue weighted by Crippen LogP contribution is 2.33. The van der Waals surface area contributed by atoms with Gasteiger partial charge in [-0.25, -0.2) is 4.39 Å². The summed E-state index contributed by atoms with van der Waals surface area (Å²) in [5.41, 5.74) is 6.65. The van der Waals surface area contributed by atoms with Crippen LogP contribution in [0.4, 0.5) is 15.8 Å². The molecule has 2 aliphatic rings. The van der Waals surface area contributed by atoms with Crippen LogP contribution in [0.2, 0.25) is 0 Å².